The van der Waals surface area contributed by atoms with E-state index < -0.39 is 6.09 Å². The molecule has 2 N–H and O–H groups in total. The van der Waals surface area contributed by atoms with E-state index in [-0.39, 0.29) is 12.4 Å². The standard InChI is InChI=1S/C6H13N5O2/c1-8-10-5(9-7)4-11(2)6(12)13-3/h7-8H,4H2,1-3H3/b9-7?,10-5-. The third kappa shape index (κ3) is 4.04. The van der Waals surface area contributed by atoms with Gasteiger partial charge in [-0.25, -0.2) is 10.3 Å². The van der Waals surface area contributed by atoms with Gasteiger partial charge in [-0.1, -0.05) is 0 Å². The van der Waals surface area contributed by atoms with Crippen molar-refractivity contribution < 1.29 is 9.53 Å². The predicted molar refractivity (Wildman–Crippen MR) is 46.7 cm³/mol. The number of carbonyl (C=O) groups excluding carboxylic acids is 1. The number of nitrogens with one attached hydrogen (secondary N) is 2. The quantitative estimate of drug-likeness (QED) is 0.287. The van der Waals surface area contributed by atoms with Crippen molar-refractivity contribution in [1.29, 1.82) is 5.53 Å². The highest BCUT2D eigenvalue weighted by Gasteiger charge is 2.10. The Hall–Kier alpha value is -1.66. The maximum Gasteiger partial charge on any atom is 0.409 e. The van der Waals surface area contributed by atoms with Gasteiger partial charge in [0.05, 0.1) is 13.7 Å². The van der Waals surface area contributed by atoms with Crippen LogP contribution in [0.1, 0.15) is 0 Å². The highest BCUT2D eigenvalue weighted by molar-refractivity contribution is 5.86. The normalized spacial score (nSPS) is 10.5. The van der Waals surface area contributed by atoms with E-state index in [1.165, 1.54) is 19.1 Å². The van der Waals surface area contributed by atoms with Gasteiger partial charge in [-0.15, -0.1) is 5.11 Å². The molecule has 0 aliphatic carbocycles. The molecule has 0 saturated carbocycles. The Morgan fingerprint density at radius 1 is 1.69 bits per heavy atom. The first-order valence-corrected chi connectivity index (χ1v) is 3.55. The Kier molecular flexibility index (Phi) is 5.17. The van der Waals surface area contributed by atoms with Gasteiger partial charge >= 0.3 is 6.09 Å². The first-order valence-electron chi connectivity index (χ1n) is 3.55. The van der Waals surface area contributed by atoms with Gasteiger partial charge in [-0.05, 0) is 0 Å². The van der Waals surface area contributed by atoms with Crippen LogP contribution in [0.3, 0.4) is 0 Å². The predicted octanol–water partition coefficient (Wildman–Crippen LogP) is 0.248. The van der Waals surface area contributed by atoms with Gasteiger partial charge in [0.15, 0.2) is 5.84 Å². The van der Waals surface area contributed by atoms with E-state index in [4.69, 9.17) is 5.53 Å². The summed E-state index contributed by atoms with van der Waals surface area (Å²) < 4.78 is 4.44. The first kappa shape index (κ1) is 11.3. The van der Waals surface area contributed by atoms with Crippen LogP contribution in [0.25, 0.3) is 0 Å². The van der Waals surface area contributed by atoms with Crippen LogP contribution in [0, 0.1) is 5.53 Å². The molecular formula is C6H13N5O2. The van der Waals surface area contributed by atoms with Gasteiger partial charge < -0.3 is 15.1 Å². The molecule has 0 radical (unpaired) electrons. The molecular weight excluding hydrogens is 174 g/mol. The van der Waals surface area contributed by atoms with Crippen LogP contribution in [0.4, 0.5) is 4.79 Å². The second-order valence-electron chi connectivity index (χ2n) is 2.19. The van der Waals surface area contributed by atoms with E-state index in [9.17, 15) is 4.79 Å². The summed E-state index contributed by atoms with van der Waals surface area (Å²) in [5.74, 6) is 0.204. The van der Waals surface area contributed by atoms with Crippen LogP contribution >= 0.6 is 0 Å². The van der Waals surface area contributed by atoms with Gasteiger partial charge in [0.1, 0.15) is 0 Å². The largest absolute Gasteiger partial charge is 0.453 e. The van der Waals surface area contributed by atoms with E-state index >= 15 is 0 Å². The summed E-state index contributed by atoms with van der Waals surface area (Å²) in [5, 5.41) is 6.78. The van der Waals surface area contributed by atoms with E-state index in [0.29, 0.717) is 0 Å². The Morgan fingerprint density at radius 3 is 2.69 bits per heavy atom. The zero-order valence-corrected chi connectivity index (χ0v) is 7.87. The third-order valence-corrected chi connectivity index (χ3v) is 1.23. The number of likely N-dealkylation sites (N-methyl/N-ethyl adjacent to an activating group) is 1. The number of rotatable bonds is 3. The van der Waals surface area contributed by atoms with Crippen LogP contribution in [0.5, 0.6) is 0 Å². The summed E-state index contributed by atoms with van der Waals surface area (Å²) in [5.41, 5.74) is 9.21. The number of nitrogens with zero attached hydrogens (tertiary/aromatic N) is 3. The SMILES string of the molecule is CN/N=C(/CN(C)C(=O)OC)N=N. The molecule has 0 aliphatic rings. The number of methoxy groups -OCH3 is 1. The molecule has 0 spiro atoms. The Balaban J connectivity index is 4.16. The van der Waals surface area contributed by atoms with Crippen molar-refractivity contribution in [2.24, 2.45) is 10.2 Å². The van der Waals surface area contributed by atoms with Gasteiger partial charge in [-0.3, -0.25) is 0 Å². The maximum absolute atomic E-state index is 10.9. The van der Waals surface area contributed by atoms with E-state index in [1.807, 2.05) is 0 Å². The van der Waals surface area contributed by atoms with Crippen molar-refractivity contribution >= 4 is 11.9 Å². The highest BCUT2D eigenvalue weighted by atomic mass is 16.5. The molecule has 0 aliphatic heterocycles. The fourth-order valence-corrected chi connectivity index (χ4v) is 0.657. The molecule has 0 saturated heterocycles. The molecule has 1 amide bonds. The summed E-state index contributed by atoms with van der Waals surface area (Å²) in [6.45, 7) is 0.136. The number of amides is 1. The van der Waals surface area contributed by atoms with Crippen LogP contribution < -0.4 is 5.43 Å². The topological polar surface area (TPSA) is 90.1 Å². The molecule has 0 bridgehead atoms. The number of amidine groups is 1. The molecule has 7 heteroatoms. The molecule has 0 aromatic rings. The summed E-state index contributed by atoms with van der Waals surface area (Å²) in [4.78, 5) is 12.2. The molecule has 13 heavy (non-hydrogen) atoms. The molecule has 0 atom stereocenters. The van der Waals surface area contributed by atoms with Gasteiger partial charge in [0.2, 0.25) is 0 Å². The molecule has 7 nitrogen and oxygen atoms in total. The average Bonchev–Trinajstić information content (AvgIpc) is 2.15. The van der Waals surface area contributed by atoms with E-state index in [0.717, 1.165) is 0 Å². The molecule has 0 rings (SSSR count). The zero-order chi connectivity index (χ0) is 10.3. The fraction of sp³-hybridized carbons (Fsp3) is 0.667. The summed E-state index contributed by atoms with van der Waals surface area (Å²) in [6, 6.07) is 0. The highest BCUT2D eigenvalue weighted by Crippen LogP contribution is 1.90. The minimum Gasteiger partial charge on any atom is -0.453 e. The Labute approximate surface area is 76.3 Å². The number of carbonyl (C=O) groups is 1. The molecule has 74 valence electrons. The molecule has 0 unspecified atom stereocenters. The Morgan fingerprint density at radius 2 is 2.31 bits per heavy atom. The van der Waals surface area contributed by atoms with Crippen molar-refractivity contribution in [3.63, 3.8) is 0 Å². The van der Waals surface area contributed by atoms with Crippen molar-refractivity contribution in [1.82, 2.24) is 10.3 Å². The van der Waals surface area contributed by atoms with Gasteiger partial charge in [-0.2, -0.15) is 5.10 Å². The first-order chi connectivity index (χ1) is 6.15. The second-order valence-corrected chi connectivity index (χ2v) is 2.19. The van der Waals surface area contributed by atoms with Crippen molar-refractivity contribution in [3.8, 4) is 0 Å². The van der Waals surface area contributed by atoms with Crippen LogP contribution in [-0.2, 0) is 4.74 Å². The van der Waals surface area contributed by atoms with Crippen molar-refractivity contribution in [3.05, 3.63) is 0 Å². The van der Waals surface area contributed by atoms with Crippen LogP contribution in [-0.4, -0.2) is 44.6 Å². The lowest BCUT2D eigenvalue weighted by molar-refractivity contribution is 0.138. The lowest BCUT2D eigenvalue weighted by Gasteiger charge is -2.13. The Bertz CT molecular complexity index is 215. The van der Waals surface area contributed by atoms with E-state index in [1.54, 1.807) is 7.05 Å². The number of hydrogen-bond acceptors (Lipinski definition) is 5. The number of ether oxygens (including phenoxy) is 1. The molecule has 0 fully saturated rings. The van der Waals surface area contributed by atoms with Crippen molar-refractivity contribution in [2.75, 3.05) is 27.7 Å². The molecule has 0 aromatic carbocycles. The third-order valence-electron chi connectivity index (χ3n) is 1.23. The number of hydrogen-bond donors (Lipinski definition) is 2. The van der Waals surface area contributed by atoms with Crippen LogP contribution in [0.2, 0.25) is 0 Å². The zero-order valence-electron chi connectivity index (χ0n) is 7.87. The smallest absolute Gasteiger partial charge is 0.409 e. The lowest BCUT2D eigenvalue weighted by Crippen LogP contribution is -2.31. The molecule has 0 aromatic heterocycles. The van der Waals surface area contributed by atoms with Gasteiger partial charge in [0.25, 0.3) is 0 Å². The van der Waals surface area contributed by atoms with Crippen molar-refractivity contribution in [2.45, 2.75) is 0 Å². The van der Waals surface area contributed by atoms with E-state index in [2.05, 4.69) is 20.4 Å². The minimum atomic E-state index is -0.493. The fourth-order valence-electron chi connectivity index (χ4n) is 0.657. The monoisotopic (exact) mass is 187 g/mol. The maximum atomic E-state index is 10.9. The summed E-state index contributed by atoms with van der Waals surface area (Å²) in [6.07, 6.45) is -0.493. The minimum absolute atomic E-state index is 0.136. The second kappa shape index (κ2) is 5.92. The average molecular weight is 187 g/mol. The number of hydrazone groups is 1. The summed E-state index contributed by atoms with van der Waals surface area (Å²) in [7, 11) is 4.40. The summed E-state index contributed by atoms with van der Waals surface area (Å²) >= 11 is 0. The molecule has 0 heterocycles. The van der Waals surface area contributed by atoms with Gasteiger partial charge in [0, 0.05) is 14.1 Å². The lowest BCUT2D eigenvalue weighted by atomic mass is 10.5. The van der Waals surface area contributed by atoms with Crippen LogP contribution in [0.15, 0.2) is 10.2 Å².